The number of carbonyl (C=O) groups excluding carboxylic acids is 1. The summed E-state index contributed by atoms with van der Waals surface area (Å²) in [6.45, 7) is 2.50. The van der Waals surface area contributed by atoms with Crippen LogP contribution in [-0.2, 0) is 0 Å². The van der Waals surface area contributed by atoms with Crippen LogP contribution in [0, 0.1) is 0 Å². The van der Waals surface area contributed by atoms with Gasteiger partial charge in [0.25, 0.3) is 5.91 Å². The van der Waals surface area contributed by atoms with E-state index in [0.29, 0.717) is 54.3 Å². The highest BCUT2D eigenvalue weighted by Crippen LogP contribution is 2.38. The predicted molar refractivity (Wildman–Crippen MR) is 103 cm³/mol. The van der Waals surface area contributed by atoms with E-state index in [-0.39, 0.29) is 11.7 Å². The third kappa shape index (κ3) is 3.83. The van der Waals surface area contributed by atoms with Crippen LogP contribution in [0.2, 0.25) is 5.02 Å². The third-order valence-corrected chi connectivity index (χ3v) is 5.48. The van der Waals surface area contributed by atoms with E-state index < -0.39 is 0 Å². The molecule has 0 radical (unpaired) electrons. The Morgan fingerprint density at radius 2 is 1.78 bits per heavy atom. The summed E-state index contributed by atoms with van der Waals surface area (Å²) in [7, 11) is 0. The first-order chi connectivity index (χ1) is 13.1. The summed E-state index contributed by atoms with van der Waals surface area (Å²) in [5.41, 5.74) is 1.74. The lowest BCUT2D eigenvalue weighted by atomic mass is 9.89. The maximum Gasteiger partial charge on any atom is 0.254 e. The van der Waals surface area contributed by atoms with Crippen molar-refractivity contribution in [3.8, 4) is 17.2 Å². The molecule has 2 aliphatic rings. The number of fused-ring (bicyclic) bond motifs is 1. The molecule has 2 heterocycles. The summed E-state index contributed by atoms with van der Waals surface area (Å²) in [6, 6.07) is 10.8. The monoisotopic (exact) mass is 387 g/mol. The summed E-state index contributed by atoms with van der Waals surface area (Å²) < 4.78 is 11.3. The van der Waals surface area contributed by atoms with Crippen molar-refractivity contribution in [1.82, 2.24) is 4.90 Å². The van der Waals surface area contributed by atoms with Crippen LogP contribution < -0.4 is 9.47 Å². The van der Waals surface area contributed by atoms with Gasteiger partial charge in [0.15, 0.2) is 11.5 Å². The van der Waals surface area contributed by atoms with Crippen LogP contribution in [0.25, 0.3) is 0 Å². The van der Waals surface area contributed by atoms with Crippen molar-refractivity contribution in [2.45, 2.75) is 25.2 Å². The number of phenolic OH excluding ortho intramolecular Hbond substituents is 1. The standard InChI is InChI=1S/C21H22ClNO4/c22-18-12-16(13-19-20(18)27-11-1-10-26-19)21(25)23-8-6-15(7-9-23)14-2-4-17(24)5-3-14/h2-5,12-13,15,24H,1,6-11H2. The second-order valence-electron chi connectivity index (χ2n) is 6.99. The molecule has 0 bridgehead atoms. The second kappa shape index (κ2) is 7.69. The van der Waals surface area contributed by atoms with Gasteiger partial charge in [-0.3, -0.25) is 4.79 Å². The molecule has 2 aromatic carbocycles. The van der Waals surface area contributed by atoms with Gasteiger partial charge in [-0.05, 0) is 48.6 Å². The number of halogens is 1. The van der Waals surface area contributed by atoms with E-state index in [2.05, 4.69) is 0 Å². The number of nitrogens with zero attached hydrogens (tertiary/aromatic N) is 1. The predicted octanol–water partition coefficient (Wildman–Crippen LogP) is 4.23. The molecule has 27 heavy (non-hydrogen) atoms. The van der Waals surface area contributed by atoms with Gasteiger partial charge in [0.05, 0.1) is 18.2 Å². The summed E-state index contributed by atoms with van der Waals surface area (Å²) in [5.74, 6) is 1.72. The molecule has 0 unspecified atom stereocenters. The van der Waals surface area contributed by atoms with Crippen LogP contribution in [-0.4, -0.2) is 42.2 Å². The highest BCUT2D eigenvalue weighted by atomic mass is 35.5. The molecule has 5 nitrogen and oxygen atoms in total. The molecule has 1 fully saturated rings. The minimum atomic E-state index is -0.0308. The number of benzene rings is 2. The Hall–Kier alpha value is -2.40. The number of phenols is 1. The first-order valence-corrected chi connectivity index (χ1v) is 9.67. The van der Waals surface area contributed by atoms with Crippen LogP contribution in [0.3, 0.4) is 0 Å². The normalized spacial score (nSPS) is 17.4. The maximum atomic E-state index is 12.9. The number of hydrogen-bond acceptors (Lipinski definition) is 4. The molecule has 142 valence electrons. The third-order valence-electron chi connectivity index (χ3n) is 5.20. The van der Waals surface area contributed by atoms with Crippen LogP contribution in [0.4, 0.5) is 0 Å². The maximum absolute atomic E-state index is 12.9. The van der Waals surface area contributed by atoms with E-state index in [9.17, 15) is 9.90 Å². The molecule has 0 aliphatic carbocycles. The minimum Gasteiger partial charge on any atom is -0.508 e. The van der Waals surface area contributed by atoms with Crippen LogP contribution in [0.5, 0.6) is 17.2 Å². The molecule has 0 aromatic heterocycles. The zero-order valence-corrected chi connectivity index (χ0v) is 15.7. The Bertz CT molecular complexity index is 829. The highest BCUT2D eigenvalue weighted by Gasteiger charge is 2.26. The number of likely N-dealkylation sites (tertiary alicyclic amines) is 1. The van der Waals surface area contributed by atoms with Crippen molar-refractivity contribution in [1.29, 1.82) is 0 Å². The molecule has 1 N–H and O–H groups in total. The van der Waals surface area contributed by atoms with Crippen LogP contribution in [0.15, 0.2) is 36.4 Å². The average molecular weight is 388 g/mol. The van der Waals surface area contributed by atoms with E-state index in [4.69, 9.17) is 21.1 Å². The van der Waals surface area contributed by atoms with Gasteiger partial charge in [0.2, 0.25) is 0 Å². The average Bonchev–Trinajstić information content (AvgIpc) is 2.94. The quantitative estimate of drug-likeness (QED) is 0.837. The first kappa shape index (κ1) is 18.0. The number of ether oxygens (including phenoxy) is 2. The zero-order chi connectivity index (χ0) is 18.8. The van der Waals surface area contributed by atoms with Gasteiger partial charge in [0.1, 0.15) is 5.75 Å². The van der Waals surface area contributed by atoms with E-state index in [1.54, 1.807) is 24.3 Å². The molecule has 1 amide bonds. The summed E-state index contributed by atoms with van der Waals surface area (Å²) in [4.78, 5) is 14.8. The Morgan fingerprint density at radius 1 is 1.07 bits per heavy atom. The van der Waals surface area contributed by atoms with Gasteiger partial charge in [0, 0.05) is 25.1 Å². The van der Waals surface area contributed by atoms with Gasteiger partial charge in [-0.15, -0.1) is 0 Å². The van der Waals surface area contributed by atoms with E-state index in [1.165, 1.54) is 5.56 Å². The van der Waals surface area contributed by atoms with Gasteiger partial charge in [-0.1, -0.05) is 23.7 Å². The molecule has 1 saturated heterocycles. The Labute approximate surface area is 163 Å². The van der Waals surface area contributed by atoms with Crippen LogP contribution >= 0.6 is 11.6 Å². The van der Waals surface area contributed by atoms with Gasteiger partial charge in [-0.2, -0.15) is 0 Å². The second-order valence-corrected chi connectivity index (χ2v) is 7.40. The fourth-order valence-corrected chi connectivity index (χ4v) is 3.96. The van der Waals surface area contributed by atoms with Crippen molar-refractivity contribution in [2.75, 3.05) is 26.3 Å². The smallest absolute Gasteiger partial charge is 0.254 e. The molecule has 0 saturated carbocycles. The van der Waals surface area contributed by atoms with Crippen molar-refractivity contribution in [3.63, 3.8) is 0 Å². The van der Waals surface area contributed by atoms with Crippen molar-refractivity contribution >= 4 is 17.5 Å². The molecular weight excluding hydrogens is 366 g/mol. The lowest BCUT2D eigenvalue weighted by molar-refractivity contribution is 0.0712. The number of hydrogen-bond donors (Lipinski definition) is 1. The summed E-state index contributed by atoms with van der Waals surface area (Å²) in [5, 5.41) is 9.85. The van der Waals surface area contributed by atoms with Gasteiger partial charge >= 0.3 is 0 Å². The van der Waals surface area contributed by atoms with Crippen molar-refractivity contribution < 1.29 is 19.4 Å². The van der Waals surface area contributed by atoms with Crippen molar-refractivity contribution in [3.05, 3.63) is 52.5 Å². The highest BCUT2D eigenvalue weighted by molar-refractivity contribution is 6.32. The Morgan fingerprint density at radius 3 is 2.52 bits per heavy atom. The number of carbonyl (C=O) groups is 1. The number of aromatic hydroxyl groups is 1. The number of piperidine rings is 1. The van der Waals surface area contributed by atoms with E-state index in [0.717, 1.165) is 19.3 Å². The summed E-state index contributed by atoms with van der Waals surface area (Å²) >= 11 is 6.32. The SMILES string of the molecule is O=C(c1cc(Cl)c2c(c1)OCCCO2)N1CCC(c2ccc(O)cc2)CC1. The Balaban J connectivity index is 1.46. The summed E-state index contributed by atoms with van der Waals surface area (Å²) in [6.07, 6.45) is 2.59. The molecular formula is C21H22ClNO4. The van der Waals surface area contributed by atoms with E-state index >= 15 is 0 Å². The van der Waals surface area contributed by atoms with Gasteiger partial charge < -0.3 is 19.5 Å². The molecule has 2 aromatic rings. The molecule has 0 atom stereocenters. The topological polar surface area (TPSA) is 59.0 Å². The molecule has 0 spiro atoms. The minimum absolute atomic E-state index is 0.0308. The number of rotatable bonds is 2. The van der Waals surface area contributed by atoms with Crippen LogP contribution in [0.1, 0.15) is 41.1 Å². The van der Waals surface area contributed by atoms with Crippen molar-refractivity contribution in [2.24, 2.45) is 0 Å². The Kier molecular flexibility index (Phi) is 5.12. The van der Waals surface area contributed by atoms with Gasteiger partial charge in [-0.25, -0.2) is 0 Å². The lowest BCUT2D eigenvalue weighted by Crippen LogP contribution is -2.37. The van der Waals surface area contributed by atoms with E-state index in [1.807, 2.05) is 17.0 Å². The molecule has 4 rings (SSSR count). The molecule has 6 heteroatoms. The first-order valence-electron chi connectivity index (χ1n) is 9.29. The zero-order valence-electron chi connectivity index (χ0n) is 15.0. The molecule has 2 aliphatic heterocycles. The fraction of sp³-hybridized carbons (Fsp3) is 0.381. The fourth-order valence-electron chi connectivity index (χ4n) is 3.70. The lowest BCUT2D eigenvalue weighted by Gasteiger charge is -2.32. The number of amides is 1. The largest absolute Gasteiger partial charge is 0.508 e.